The third kappa shape index (κ3) is 4.34. The van der Waals surface area contributed by atoms with Crippen molar-refractivity contribution in [2.75, 3.05) is 13.1 Å². The van der Waals surface area contributed by atoms with Crippen LogP contribution in [0.2, 0.25) is 0 Å². The lowest BCUT2D eigenvalue weighted by Crippen LogP contribution is -2.32. The second kappa shape index (κ2) is 7.90. The summed E-state index contributed by atoms with van der Waals surface area (Å²) in [5.41, 5.74) is 3.50. The van der Waals surface area contributed by atoms with Crippen molar-refractivity contribution < 1.29 is 9.18 Å². The lowest BCUT2D eigenvalue weighted by molar-refractivity contribution is -0.125. The van der Waals surface area contributed by atoms with Gasteiger partial charge in [-0.15, -0.1) is 0 Å². The average Bonchev–Trinajstić information content (AvgIpc) is 3.18. The van der Waals surface area contributed by atoms with E-state index in [4.69, 9.17) is 0 Å². The van der Waals surface area contributed by atoms with Crippen LogP contribution in [-0.2, 0) is 4.79 Å². The zero-order valence-electron chi connectivity index (χ0n) is 17.3. The van der Waals surface area contributed by atoms with Gasteiger partial charge in [-0.3, -0.25) is 4.79 Å². The number of carbonyl (C=O) groups is 1. The summed E-state index contributed by atoms with van der Waals surface area (Å²) in [6, 6.07) is 6.70. The van der Waals surface area contributed by atoms with Crippen LogP contribution >= 0.6 is 0 Å². The molecule has 0 aromatic heterocycles. The molecule has 1 amide bonds. The molecule has 150 valence electrons. The Hall–Kier alpha value is -2.43. The van der Waals surface area contributed by atoms with Crippen LogP contribution in [0.4, 0.5) is 4.39 Å². The first-order valence-electron chi connectivity index (χ1n) is 9.92. The van der Waals surface area contributed by atoms with Crippen LogP contribution in [0.1, 0.15) is 58.4 Å². The normalized spacial score (nSPS) is 21.0. The summed E-state index contributed by atoms with van der Waals surface area (Å²) in [5, 5.41) is 3.44. The number of amides is 1. The Morgan fingerprint density at radius 1 is 1.32 bits per heavy atom. The molecule has 1 aliphatic heterocycles. The largest absolute Gasteiger partial charge is 0.365 e. The summed E-state index contributed by atoms with van der Waals surface area (Å²) in [5.74, 6) is 0.640. The predicted octanol–water partition coefficient (Wildman–Crippen LogP) is 4.55. The SMILES string of the molecule is C=N/C(NC1(C)CC1)=C(\C)C(C(=O)N1CCC(c2cccc(F)c2)C1)=C(C)C. The Labute approximate surface area is 167 Å². The van der Waals surface area contributed by atoms with Gasteiger partial charge in [-0.25, -0.2) is 9.38 Å². The van der Waals surface area contributed by atoms with Gasteiger partial charge in [-0.1, -0.05) is 17.7 Å². The molecular formula is C23H30FN3O. The first-order valence-corrected chi connectivity index (χ1v) is 9.92. The highest BCUT2D eigenvalue weighted by atomic mass is 19.1. The van der Waals surface area contributed by atoms with E-state index in [2.05, 4.69) is 24.0 Å². The number of aliphatic imine (C=N–C) groups is 1. The molecule has 1 unspecified atom stereocenters. The molecule has 3 rings (SSSR count). The Kier molecular flexibility index (Phi) is 5.73. The highest BCUT2D eigenvalue weighted by Gasteiger charge is 2.38. The van der Waals surface area contributed by atoms with Crippen LogP contribution in [0, 0.1) is 5.82 Å². The standard InChI is InChI=1S/C23H30FN3O/c1-15(2)20(16(3)21(25-5)26-23(4)10-11-23)22(28)27-12-9-18(14-27)17-7-6-8-19(24)13-17/h6-8,13,18,26H,5,9-12,14H2,1-4H3/b21-16-. The molecule has 4 nitrogen and oxygen atoms in total. The van der Waals surface area contributed by atoms with Crippen LogP contribution in [-0.4, -0.2) is 36.2 Å². The van der Waals surface area contributed by atoms with Crippen molar-refractivity contribution in [2.45, 2.75) is 58.4 Å². The first-order chi connectivity index (χ1) is 13.2. The summed E-state index contributed by atoms with van der Waals surface area (Å²) in [6.45, 7) is 13.0. The van der Waals surface area contributed by atoms with Crippen LogP contribution in [0.15, 0.2) is 51.8 Å². The molecule has 2 aliphatic rings. The van der Waals surface area contributed by atoms with Gasteiger partial charge in [0.05, 0.1) is 0 Å². The van der Waals surface area contributed by atoms with Crippen molar-refractivity contribution in [3.05, 3.63) is 58.2 Å². The van der Waals surface area contributed by atoms with Crippen LogP contribution < -0.4 is 5.32 Å². The molecule has 1 N–H and O–H groups in total. The van der Waals surface area contributed by atoms with E-state index in [1.165, 1.54) is 6.07 Å². The number of allylic oxidation sites excluding steroid dienone is 1. The fourth-order valence-corrected chi connectivity index (χ4v) is 3.85. The van der Waals surface area contributed by atoms with Gasteiger partial charge in [0.2, 0.25) is 0 Å². The number of carbonyl (C=O) groups excluding carboxylic acids is 1. The molecule has 1 aromatic carbocycles. The lowest BCUT2D eigenvalue weighted by atomic mass is 9.98. The molecule has 1 aliphatic carbocycles. The molecule has 1 aromatic rings. The van der Waals surface area contributed by atoms with E-state index in [1.54, 1.807) is 12.1 Å². The van der Waals surface area contributed by atoms with E-state index in [0.29, 0.717) is 24.5 Å². The molecule has 1 saturated carbocycles. The Bertz CT molecular complexity index is 847. The predicted molar refractivity (Wildman–Crippen MR) is 112 cm³/mol. The van der Waals surface area contributed by atoms with Crippen molar-refractivity contribution in [3.63, 3.8) is 0 Å². The summed E-state index contributed by atoms with van der Waals surface area (Å²) in [6.07, 6.45) is 3.04. The number of benzene rings is 1. The summed E-state index contributed by atoms with van der Waals surface area (Å²) >= 11 is 0. The highest BCUT2D eigenvalue weighted by molar-refractivity contribution is 5.98. The van der Waals surface area contributed by atoms with Gasteiger partial charge in [0.1, 0.15) is 11.6 Å². The van der Waals surface area contributed by atoms with Crippen molar-refractivity contribution in [1.82, 2.24) is 10.2 Å². The van der Waals surface area contributed by atoms with Crippen LogP contribution in [0.25, 0.3) is 0 Å². The van der Waals surface area contributed by atoms with E-state index >= 15 is 0 Å². The van der Waals surface area contributed by atoms with Gasteiger partial charge >= 0.3 is 0 Å². The minimum Gasteiger partial charge on any atom is -0.365 e. The minimum absolute atomic E-state index is 0.0142. The van der Waals surface area contributed by atoms with Gasteiger partial charge in [-0.2, -0.15) is 0 Å². The number of nitrogens with zero attached hydrogens (tertiary/aromatic N) is 2. The molecule has 2 fully saturated rings. The topological polar surface area (TPSA) is 44.7 Å². The van der Waals surface area contributed by atoms with E-state index in [0.717, 1.165) is 36.0 Å². The molecular weight excluding hydrogens is 353 g/mol. The van der Waals surface area contributed by atoms with Gasteiger partial charge < -0.3 is 10.2 Å². The van der Waals surface area contributed by atoms with E-state index < -0.39 is 0 Å². The molecule has 28 heavy (non-hydrogen) atoms. The number of rotatable bonds is 6. The first kappa shape index (κ1) is 20.3. The number of halogens is 1. The molecule has 0 radical (unpaired) electrons. The smallest absolute Gasteiger partial charge is 0.254 e. The zero-order valence-corrected chi connectivity index (χ0v) is 17.3. The van der Waals surface area contributed by atoms with Gasteiger partial charge in [-0.05, 0) is 71.4 Å². The molecule has 0 bridgehead atoms. The molecule has 5 heteroatoms. The second-order valence-electron chi connectivity index (χ2n) is 8.48. The number of nitrogens with one attached hydrogen (secondary N) is 1. The molecule has 1 atom stereocenters. The third-order valence-electron chi connectivity index (χ3n) is 5.82. The van der Waals surface area contributed by atoms with E-state index in [9.17, 15) is 9.18 Å². The maximum absolute atomic E-state index is 13.6. The minimum atomic E-state index is -0.229. The number of hydrogen-bond donors (Lipinski definition) is 1. The maximum Gasteiger partial charge on any atom is 0.254 e. The third-order valence-corrected chi connectivity index (χ3v) is 5.82. The summed E-state index contributed by atoms with van der Waals surface area (Å²) in [7, 11) is 0. The molecule has 1 saturated heterocycles. The summed E-state index contributed by atoms with van der Waals surface area (Å²) in [4.78, 5) is 19.4. The van der Waals surface area contributed by atoms with Crippen LogP contribution in [0.5, 0.6) is 0 Å². The second-order valence-corrected chi connectivity index (χ2v) is 8.48. The lowest BCUT2D eigenvalue weighted by Gasteiger charge is -2.23. The van der Waals surface area contributed by atoms with E-state index in [1.807, 2.05) is 31.7 Å². The van der Waals surface area contributed by atoms with Crippen molar-refractivity contribution in [1.29, 1.82) is 0 Å². The summed E-state index contributed by atoms with van der Waals surface area (Å²) < 4.78 is 13.6. The Morgan fingerprint density at radius 3 is 2.61 bits per heavy atom. The molecule has 1 heterocycles. The molecule has 0 spiro atoms. The van der Waals surface area contributed by atoms with Crippen LogP contribution in [0.3, 0.4) is 0 Å². The number of likely N-dealkylation sites (tertiary alicyclic amines) is 1. The van der Waals surface area contributed by atoms with Gasteiger partial charge in [0.15, 0.2) is 0 Å². The Morgan fingerprint density at radius 2 is 2.04 bits per heavy atom. The van der Waals surface area contributed by atoms with Gasteiger partial charge in [0, 0.05) is 35.7 Å². The zero-order chi connectivity index (χ0) is 20.5. The fourth-order valence-electron chi connectivity index (χ4n) is 3.85. The van der Waals surface area contributed by atoms with Crippen molar-refractivity contribution in [3.8, 4) is 0 Å². The average molecular weight is 384 g/mol. The maximum atomic E-state index is 13.6. The Balaban J connectivity index is 1.80. The van der Waals surface area contributed by atoms with E-state index in [-0.39, 0.29) is 23.2 Å². The fraction of sp³-hybridized carbons (Fsp3) is 0.478. The van der Waals surface area contributed by atoms with Crippen molar-refractivity contribution in [2.24, 2.45) is 4.99 Å². The van der Waals surface area contributed by atoms with Gasteiger partial charge in [0.25, 0.3) is 5.91 Å². The monoisotopic (exact) mass is 383 g/mol. The quantitative estimate of drug-likeness (QED) is 0.445. The highest BCUT2D eigenvalue weighted by Crippen LogP contribution is 2.37. The number of hydrogen-bond acceptors (Lipinski definition) is 3. The van der Waals surface area contributed by atoms with Crippen molar-refractivity contribution >= 4 is 12.6 Å².